The Morgan fingerprint density at radius 3 is 2.47 bits per heavy atom. The minimum atomic E-state index is -0.262. The van der Waals surface area contributed by atoms with Gasteiger partial charge in [0.25, 0.3) is 0 Å². The zero-order chi connectivity index (χ0) is 12.4. The summed E-state index contributed by atoms with van der Waals surface area (Å²) in [6.07, 6.45) is 0.774. The molecule has 2 heteroatoms. The fourth-order valence-corrected chi connectivity index (χ4v) is 1.85. The van der Waals surface area contributed by atoms with E-state index in [1.807, 2.05) is 19.9 Å². The molecule has 0 fully saturated rings. The summed E-state index contributed by atoms with van der Waals surface area (Å²) in [6, 6.07) is 10.3. The molecule has 0 bridgehead atoms. The molecule has 0 radical (unpaired) electrons. The maximum atomic E-state index is 13.8. The van der Waals surface area contributed by atoms with Gasteiger partial charge in [-0.3, -0.25) is 4.79 Å². The van der Waals surface area contributed by atoms with Crippen molar-refractivity contribution in [2.45, 2.75) is 13.8 Å². The Balaban J connectivity index is 2.66. The maximum Gasteiger partial charge on any atom is 0.150 e. The molecular weight excluding hydrogens is 215 g/mol. The monoisotopic (exact) mass is 228 g/mol. The molecule has 0 spiro atoms. The summed E-state index contributed by atoms with van der Waals surface area (Å²) in [5.41, 5.74) is 3.84. The third-order valence-electron chi connectivity index (χ3n) is 2.81. The van der Waals surface area contributed by atoms with Crippen LogP contribution in [0, 0.1) is 19.7 Å². The molecule has 2 aromatic rings. The molecule has 0 N–H and O–H groups in total. The van der Waals surface area contributed by atoms with Crippen molar-refractivity contribution in [3.8, 4) is 11.1 Å². The van der Waals surface area contributed by atoms with Crippen LogP contribution >= 0.6 is 0 Å². The smallest absolute Gasteiger partial charge is 0.150 e. The standard InChI is InChI=1S/C15H13FO/c1-10-3-6-15(16)14(7-10)13-8-12(9-17)5-4-11(13)2/h3-9H,1-2H3. The van der Waals surface area contributed by atoms with Gasteiger partial charge >= 0.3 is 0 Å². The zero-order valence-corrected chi connectivity index (χ0v) is 9.83. The van der Waals surface area contributed by atoms with E-state index in [0.717, 1.165) is 23.0 Å². The largest absolute Gasteiger partial charge is 0.298 e. The van der Waals surface area contributed by atoms with E-state index < -0.39 is 0 Å². The number of hydrogen-bond acceptors (Lipinski definition) is 1. The van der Waals surface area contributed by atoms with Gasteiger partial charge in [0.1, 0.15) is 12.1 Å². The van der Waals surface area contributed by atoms with E-state index in [9.17, 15) is 9.18 Å². The van der Waals surface area contributed by atoms with Crippen LogP contribution in [0.5, 0.6) is 0 Å². The second kappa shape index (κ2) is 4.50. The van der Waals surface area contributed by atoms with Crippen LogP contribution in [0.2, 0.25) is 0 Å². The van der Waals surface area contributed by atoms with Crippen LogP contribution in [-0.2, 0) is 0 Å². The fourth-order valence-electron chi connectivity index (χ4n) is 1.85. The van der Waals surface area contributed by atoms with Gasteiger partial charge in [-0.1, -0.05) is 23.8 Å². The number of aldehydes is 1. The van der Waals surface area contributed by atoms with E-state index in [1.165, 1.54) is 6.07 Å². The van der Waals surface area contributed by atoms with Gasteiger partial charge in [0.05, 0.1) is 0 Å². The summed E-state index contributed by atoms with van der Waals surface area (Å²) in [5, 5.41) is 0. The lowest BCUT2D eigenvalue weighted by Crippen LogP contribution is -1.91. The number of carbonyl (C=O) groups excluding carboxylic acids is 1. The first-order valence-electron chi connectivity index (χ1n) is 5.44. The Morgan fingerprint density at radius 1 is 1.00 bits per heavy atom. The van der Waals surface area contributed by atoms with Crippen LogP contribution in [0.15, 0.2) is 36.4 Å². The predicted molar refractivity (Wildman–Crippen MR) is 66.7 cm³/mol. The highest BCUT2D eigenvalue weighted by molar-refractivity contribution is 5.80. The molecule has 2 rings (SSSR count). The van der Waals surface area contributed by atoms with Crippen molar-refractivity contribution < 1.29 is 9.18 Å². The SMILES string of the molecule is Cc1ccc(F)c(-c2cc(C=O)ccc2C)c1. The summed E-state index contributed by atoms with van der Waals surface area (Å²) in [6.45, 7) is 3.83. The first-order chi connectivity index (χ1) is 8.11. The first-order valence-corrected chi connectivity index (χ1v) is 5.44. The topological polar surface area (TPSA) is 17.1 Å². The molecule has 0 saturated carbocycles. The molecule has 0 amide bonds. The van der Waals surface area contributed by atoms with Gasteiger partial charge in [-0.2, -0.15) is 0 Å². The Morgan fingerprint density at radius 2 is 1.76 bits per heavy atom. The molecule has 2 aromatic carbocycles. The van der Waals surface area contributed by atoms with Crippen molar-refractivity contribution >= 4 is 6.29 Å². The quantitative estimate of drug-likeness (QED) is 0.712. The predicted octanol–water partition coefficient (Wildman–Crippen LogP) is 3.92. The fraction of sp³-hybridized carbons (Fsp3) is 0.133. The van der Waals surface area contributed by atoms with Crippen molar-refractivity contribution in [3.63, 3.8) is 0 Å². The van der Waals surface area contributed by atoms with Gasteiger partial charge in [0.2, 0.25) is 0 Å². The Kier molecular flexibility index (Phi) is 3.05. The average Bonchev–Trinajstić information content (AvgIpc) is 2.33. The molecule has 0 aliphatic heterocycles. The van der Waals surface area contributed by atoms with Crippen molar-refractivity contribution in [2.75, 3.05) is 0 Å². The molecule has 17 heavy (non-hydrogen) atoms. The zero-order valence-electron chi connectivity index (χ0n) is 9.83. The molecule has 0 aliphatic carbocycles. The van der Waals surface area contributed by atoms with E-state index in [4.69, 9.17) is 0 Å². The molecule has 0 heterocycles. The molecule has 0 atom stereocenters. The summed E-state index contributed by atoms with van der Waals surface area (Å²) in [7, 11) is 0. The second-order valence-corrected chi connectivity index (χ2v) is 4.18. The van der Waals surface area contributed by atoms with Gasteiger partial charge in [0.15, 0.2) is 0 Å². The molecule has 0 saturated heterocycles. The minimum absolute atomic E-state index is 0.262. The van der Waals surface area contributed by atoms with Crippen LogP contribution in [0.25, 0.3) is 11.1 Å². The van der Waals surface area contributed by atoms with Crippen LogP contribution in [-0.4, -0.2) is 6.29 Å². The number of aryl methyl sites for hydroxylation is 2. The second-order valence-electron chi connectivity index (χ2n) is 4.18. The highest BCUT2D eigenvalue weighted by Crippen LogP contribution is 2.27. The first kappa shape index (κ1) is 11.5. The summed E-state index contributed by atoms with van der Waals surface area (Å²) in [5.74, 6) is -0.262. The molecule has 0 aliphatic rings. The van der Waals surface area contributed by atoms with Crippen molar-refractivity contribution in [2.24, 2.45) is 0 Å². The summed E-state index contributed by atoms with van der Waals surface area (Å²) >= 11 is 0. The lowest BCUT2D eigenvalue weighted by Gasteiger charge is -2.09. The van der Waals surface area contributed by atoms with E-state index in [0.29, 0.717) is 11.1 Å². The van der Waals surface area contributed by atoms with Crippen molar-refractivity contribution in [1.29, 1.82) is 0 Å². The van der Waals surface area contributed by atoms with Crippen LogP contribution in [0.4, 0.5) is 4.39 Å². The highest BCUT2D eigenvalue weighted by atomic mass is 19.1. The number of carbonyl (C=O) groups is 1. The summed E-state index contributed by atoms with van der Waals surface area (Å²) < 4.78 is 13.8. The van der Waals surface area contributed by atoms with Gasteiger partial charge < -0.3 is 0 Å². The Bertz CT molecular complexity index is 573. The van der Waals surface area contributed by atoms with Gasteiger partial charge in [-0.25, -0.2) is 4.39 Å². The number of halogens is 1. The third-order valence-corrected chi connectivity index (χ3v) is 2.81. The lowest BCUT2D eigenvalue weighted by atomic mass is 9.97. The van der Waals surface area contributed by atoms with Gasteiger partial charge in [0, 0.05) is 11.1 Å². The van der Waals surface area contributed by atoms with E-state index in [-0.39, 0.29) is 5.82 Å². The van der Waals surface area contributed by atoms with Crippen LogP contribution in [0.3, 0.4) is 0 Å². The molecule has 1 nitrogen and oxygen atoms in total. The normalized spacial score (nSPS) is 10.3. The molecule has 86 valence electrons. The van der Waals surface area contributed by atoms with Gasteiger partial charge in [-0.15, -0.1) is 0 Å². The van der Waals surface area contributed by atoms with E-state index in [1.54, 1.807) is 24.3 Å². The third kappa shape index (κ3) is 2.26. The minimum Gasteiger partial charge on any atom is -0.298 e. The molecular formula is C15H13FO. The number of benzene rings is 2. The van der Waals surface area contributed by atoms with Crippen molar-refractivity contribution in [3.05, 3.63) is 58.9 Å². The van der Waals surface area contributed by atoms with Crippen molar-refractivity contribution in [1.82, 2.24) is 0 Å². The maximum absolute atomic E-state index is 13.8. The summed E-state index contributed by atoms with van der Waals surface area (Å²) in [4.78, 5) is 10.8. The highest BCUT2D eigenvalue weighted by Gasteiger charge is 2.08. The lowest BCUT2D eigenvalue weighted by molar-refractivity contribution is 0.112. The Labute approximate surface area is 99.9 Å². The average molecular weight is 228 g/mol. The Hall–Kier alpha value is -1.96. The van der Waals surface area contributed by atoms with Crippen LogP contribution in [0.1, 0.15) is 21.5 Å². The molecule has 0 unspecified atom stereocenters. The van der Waals surface area contributed by atoms with Crippen LogP contribution < -0.4 is 0 Å². The van der Waals surface area contributed by atoms with Gasteiger partial charge in [-0.05, 0) is 43.2 Å². The number of rotatable bonds is 2. The molecule has 0 aromatic heterocycles. The van der Waals surface area contributed by atoms with E-state index in [2.05, 4.69) is 0 Å². The van der Waals surface area contributed by atoms with E-state index >= 15 is 0 Å². The number of hydrogen-bond donors (Lipinski definition) is 0.